The number of pyridine rings is 2. The van der Waals surface area contributed by atoms with Gasteiger partial charge < -0.3 is 0 Å². The summed E-state index contributed by atoms with van der Waals surface area (Å²) in [6.07, 6.45) is 1.82. The highest BCUT2D eigenvalue weighted by Gasteiger charge is 2.17. The molecule has 11 aromatic rings. The van der Waals surface area contributed by atoms with Crippen molar-refractivity contribution in [1.82, 2.24) is 34.9 Å². The number of benzene rings is 7. The molecule has 7 nitrogen and oxygen atoms in total. The van der Waals surface area contributed by atoms with Crippen molar-refractivity contribution in [2.24, 2.45) is 0 Å². The zero-order chi connectivity index (χ0) is 44.9. The number of rotatable bonds is 10. The first kappa shape index (κ1) is 40.7. The largest absolute Gasteiger partial charge is 0.256 e. The maximum atomic E-state index is 5.13. The Kier molecular flexibility index (Phi) is 11.1. The first-order chi connectivity index (χ1) is 33.1. The Morgan fingerprint density at radius 1 is 0.239 bits per heavy atom. The first-order valence-electron chi connectivity index (χ1n) is 22.2. The molecule has 0 radical (unpaired) electrons. The van der Waals surface area contributed by atoms with Gasteiger partial charge in [-0.3, -0.25) is 9.97 Å². The number of hydrogen-bond donors (Lipinski definition) is 0. The molecule has 0 N–H and O–H groups in total. The minimum atomic E-state index is 0.613. The van der Waals surface area contributed by atoms with Crippen LogP contribution in [0.2, 0.25) is 0 Å². The normalized spacial score (nSPS) is 11.1. The van der Waals surface area contributed by atoms with Crippen LogP contribution in [0.5, 0.6) is 0 Å². The maximum Gasteiger partial charge on any atom is 0.164 e. The van der Waals surface area contributed by atoms with Gasteiger partial charge >= 0.3 is 0 Å². The van der Waals surface area contributed by atoms with Gasteiger partial charge in [0, 0.05) is 56.4 Å². The van der Waals surface area contributed by atoms with Gasteiger partial charge in [0.1, 0.15) is 0 Å². The Morgan fingerprint density at radius 3 is 1.28 bits per heavy atom. The van der Waals surface area contributed by atoms with Gasteiger partial charge in [0.25, 0.3) is 0 Å². The summed E-state index contributed by atoms with van der Waals surface area (Å²) < 4.78 is 0. The first-order valence-corrected chi connectivity index (χ1v) is 22.2. The van der Waals surface area contributed by atoms with E-state index in [1.807, 2.05) is 141 Å². The fraction of sp³-hybridized carbons (Fsp3) is 0.0167. The Morgan fingerprint density at radius 2 is 0.701 bits per heavy atom. The Labute approximate surface area is 389 Å². The highest BCUT2D eigenvalue weighted by Crippen LogP contribution is 2.38. The van der Waals surface area contributed by atoms with Crippen LogP contribution < -0.4 is 0 Å². The van der Waals surface area contributed by atoms with E-state index in [1.54, 1.807) is 0 Å². The van der Waals surface area contributed by atoms with Gasteiger partial charge in [-0.2, -0.15) is 0 Å². The predicted molar refractivity (Wildman–Crippen MR) is 270 cm³/mol. The smallest absolute Gasteiger partial charge is 0.164 e. The maximum absolute atomic E-state index is 5.13. The van der Waals surface area contributed by atoms with Crippen LogP contribution in [0.25, 0.3) is 113 Å². The Balaban J connectivity index is 0.951. The lowest BCUT2D eigenvalue weighted by Crippen LogP contribution is -2.00. The molecule has 0 atom stereocenters. The summed E-state index contributed by atoms with van der Waals surface area (Å²) in [7, 11) is 0. The molecule has 4 aromatic heterocycles. The summed E-state index contributed by atoms with van der Waals surface area (Å²) in [6.45, 7) is 2.03. The van der Waals surface area contributed by atoms with Gasteiger partial charge in [-0.05, 0) is 65.6 Å². The van der Waals surface area contributed by atoms with Gasteiger partial charge in [0.2, 0.25) is 0 Å². The minimum absolute atomic E-state index is 0.613. The summed E-state index contributed by atoms with van der Waals surface area (Å²) >= 11 is 0. The lowest BCUT2D eigenvalue weighted by Gasteiger charge is -2.14. The van der Waals surface area contributed by atoms with Crippen molar-refractivity contribution < 1.29 is 0 Å². The Bertz CT molecular complexity index is 3430. The highest BCUT2D eigenvalue weighted by molar-refractivity contribution is 5.87. The van der Waals surface area contributed by atoms with Gasteiger partial charge in [-0.1, -0.05) is 188 Å². The van der Waals surface area contributed by atoms with Crippen molar-refractivity contribution in [2.45, 2.75) is 6.92 Å². The lowest BCUT2D eigenvalue weighted by atomic mass is 9.92. The molecule has 67 heavy (non-hydrogen) atoms. The third-order valence-electron chi connectivity index (χ3n) is 11.8. The van der Waals surface area contributed by atoms with E-state index in [4.69, 9.17) is 29.9 Å². The number of aromatic nitrogens is 7. The molecular formula is C60H41N7. The summed E-state index contributed by atoms with van der Waals surface area (Å²) in [5, 5.41) is 0. The van der Waals surface area contributed by atoms with Gasteiger partial charge in [-0.25, -0.2) is 24.9 Å². The molecule has 0 amide bonds. The van der Waals surface area contributed by atoms with Crippen LogP contribution in [0.15, 0.2) is 231 Å². The van der Waals surface area contributed by atoms with Gasteiger partial charge in [-0.15, -0.1) is 0 Å². The number of aryl methyl sites for hydroxylation is 1. The van der Waals surface area contributed by atoms with Gasteiger partial charge in [0.05, 0.1) is 22.8 Å². The molecule has 0 saturated carbocycles. The van der Waals surface area contributed by atoms with Crippen molar-refractivity contribution in [2.75, 3.05) is 0 Å². The monoisotopic (exact) mass is 859 g/mol. The van der Waals surface area contributed by atoms with E-state index in [2.05, 4.69) is 102 Å². The van der Waals surface area contributed by atoms with Crippen LogP contribution in [0.3, 0.4) is 0 Å². The molecule has 0 bridgehead atoms. The van der Waals surface area contributed by atoms with Crippen molar-refractivity contribution in [3.8, 4) is 113 Å². The average Bonchev–Trinajstić information content (AvgIpc) is 3.41. The molecular weight excluding hydrogens is 819 g/mol. The third kappa shape index (κ3) is 8.65. The van der Waals surface area contributed by atoms with Gasteiger partial charge in [0.15, 0.2) is 23.3 Å². The summed E-state index contributed by atoms with van der Waals surface area (Å²) in [5.41, 5.74) is 16.4. The second-order valence-corrected chi connectivity index (χ2v) is 16.2. The third-order valence-corrected chi connectivity index (χ3v) is 11.8. The van der Waals surface area contributed by atoms with E-state index in [9.17, 15) is 0 Å². The van der Waals surface area contributed by atoms with Crippen LogP contribution in [0.1, 0.15) is 5.69 Å². The van der Waals surface area contributed by atoms with E-state index >= 15 is 0 Å². The zero-order valence-electron chi connectivity index (χ0n) is 36.6. The van der Waals surface area contributed by atoms with Crippen molar-refractivity contribution in [3.63, 3.8) is 0 Å². The molecule has 316 valence electrons. The van der Waals surface area contributed by atoms with E-state index in [-0.39, 0.29) is 0 Å². The molecule has 11 rings (SSSR count). The molecule has 0 spiro atoms. The molecule has 0 unspecified atom stereocenters. The molecule has 4 heterocycles. The summed E-state index contributed by atoms with van der Waals surface area (Å²) in [4.78, 5) is 34.7. The van der Waals surface area contributed by atoms with Crippen LogP contribution >= 0.6 is 0 Å². The predicted octanol–water partition coefficient (Wildman–Crippen LogP) is 14.4. The van der Waals surface area contributed by atoms with E-state index in [0.29, 0.717) is 23.3 Å². The van der Waals surface area contributed by atoms with Crippen molar-refractivity contribution in [3.05, 3.63) is 236 Å². The molecule has 0 fully saturated rings. The van der Waals surface area contributed by atoms with Crippen LogP contribution in [-0.2, 0) is 0 Å². The second-order valence-electron chi connectivity index (χ2n) is 16.2. The second kappa shape index (κ2) is 18.2. The minimum Gasteiger partial charge on any atom is -0.256 e. The standard InChI is InChI=1S/C60H41N7/c1-40-16-15-26-54(62-40)52-38-48(35-36-49(52)42-29-33-47(34-30-42)60-66-58(45-19-7-3-8-20-45)65-59(67-60)46-21-9-4-10-22-46)41-27-31-43(32-28-41)55-39-56(64-57(63-55)44-17-5-2-6-18-44)51-24-12-11-23-50(51)53-25-13-14-37-61-53/h2-39H,1H3. The van der Waals surface area contributed by atoms with Crippen LogP contribution in [0.4, 0.5) is 0 Å². The van der Waals surface area contributed by atoms with E-state index in [0.717, 1.165) is 95.2 Å². The fourth-order valence-electron chi connectivity index (χ4n) is 8.35. The average molecular weight is 860 g/mol. The van der Waals surface area contributed by atoms with Crippen LogP contribution in [0, 0.1) is 6.92 Å². The molecule has 7 aromatic carbocycles. The van der Waals surface area contributed by atoms with Crippen LogP contribution in [-0.4, -0.2) is 34.9 Å². The lowest BCUT2D eigenvalue weighted by molar-refractivity contribution is 1.07. The fourth-order valence-corrected chi connectivity index (χ4v) is 8.35. The molecule has 0 saturated heterocycles. The number of hydrogen-bond acceptors (Lipinski definition) is 7. The van der Waals surface area contributed by atoms with E-state index < -0.39 is 0 Å². The van der Waals surface area contributed by atoms with E-state index in [1.165, 1.54) is 0 Å². The molecule has 0 aliphatic rings. The highest BCUT2D eigenvalue weighted by atomic mass is 15.0. The molecule has 0 aliphatic carbocycles. The topological polar surface area (TPSA) is 90.2 Å². The summed E-state index contributed by atoms with van der Waals surface area (Å²) in [5.74, 6) is 2.54. The quantitative estimate of drug-likeness (QED) is 0.135. The summed E-state index contributed by atoms with van der Waals surface area (Å²) in [6, 6.07) is 76.4. The zero-order valence-corrected chi connectivity index (χ0v) is 36.6. The molecule has 0 aliphatic heterocycles. The molecule has 7 heteroatoms. The van der Waals surface area contributed by atoms with Crippen molar-refractivity contribution >= 4 is 0 Å². The van der Waals surface area contributed by atoms with Crippen molar-refractivity contribution in [1.29, 1.82) is 0 Å². The Hall–Kier alpha value is -9.07. The SMILES string of the molecule is Cc1cccc(-c2cc(-c3ccc(-c4cc(-c5ccccc5-c5ccccn5)nc(-c5ccccc5)n4)cc3)ccc2-c2ccc(-c3nc(-c4ccccc4)nc(-c4ccccc4)n3)cc2)n1. The number of nitrogens with zero attached hydrogens (tertiary/aromatic N) is 7.